The van der Waals surface area contributed by atoms with Crippen molar-refractivity contribution in [3.63, 3.8) is 0 Å². The second kappa shape index (κ2) is 9.46. The van der Waals surface area contributed by atoms with Crippen LogP contribution >= 0.6 is 15.9 Å². The third-order valence-electron chi connectivity index (χ3n) is 4.66. The molecule has 0 radical (unpaired) electrons. The van der Waals surface area contributed by atoms with E-state index in [2.05, 4.69) is 26.3 Å². The van der Waals surface area contributed by atoms with Gasteiger partial charge in [-0.2, -0.15) is 23.5 Å². The molecule has 0 bridgehead atoms. The number of ether oxygens (including phenoxy) is 1. The first kappa shape index (κ1) is 24.0. The first-order valence-corrected chi connectivity index (χ1v) is 10.2. The molecule has 0 unspecified atom stereocenters. The van der Waals surface area contributed by atoms with Gasteiger partial charge in [0.2, 0.25) is 5.91 Å². The molecule has 3 rings (SSSR count). The molecule has 0 aliphatic carbocycles. The molecule has 1 heterocycles. The van der Waals surface area contributed by atoms with Crippen molar-refractivity contribution in [2.45, 2.75) is 26.6 Å². The molecule has 0 saturated heterocycles. The van der Waals surface area contributed by atoms with Gasteiger partial charge in [-0.1, -0.05) is 15.9 Å². The highest BCUT2D eigenvalue weighted by molar-refractivity contribution is 9.10. The topological polar surface area (TPSA) is 97.0 Å². The van der Waals surface area contributed by atoms with Crippen LogP contribution in [0, 0.1) is 25.2 Å². The maximum atomic E-state index is 13.2. The van der Waals surface area contributed by atoms with E-state index in [1.807, 2.05) is 0 Å². The fourth-order valence-corrected chi connectivity index (χ4v) is 3.12. The van der Waals surface area contributed by atoms with Crippen LogP contribution < -0.4 is 15.6 Å². The van der Waals surface area contributed by atoms with Gasteiger partial charge >= 0.3 is 6.18 Å². The number of carbonyl (C=O) groups excluding carboxylic acids is 1. The van der Waals surface area contributed by atoms with E-state index in [1.165, 1.54) is 0 Å². The Bertz CT molecular complexity index is 1310. The lowest BCUT2D eigenvalue weighted by molar-refractivity contribution is -0.137. The number of benzene rings is 2. The van der Waals surface area contributed by atoms with Crippen LogP contribution in [-0.2, 0) is 17.5 Å². The molecule has 0 spiro atoms. The van der Waals surface area contributed by atoms with Gasteiger partial charge in [0, 0.05) is 4.47 Å². The van der Waals surface area contributed by atoms with E-state index in [0.717, 1.165) is 27.4 Å². The highest BCUT2D eigenvalue weighted by Gasteiger charge is 2.31. The number of hydrogen-bond acceptors (Lipinski definition) is 5. The Morgan fingerprint density at radius 2 is 1.88 bits per heavy atom. The van der Waals surface area contributed by atoms with Gasteiger partial charge in [0.25, 0.3) is 5.56 Å². The number of hydrogen-bond donors (Lipinski definition) is 1. The van der Waals surface area contributed by atoms with E-state index in [1.54, 1.807) is 44.2 Å². The van der Waals surface area contributed by atoms with Crippen molar-refractivity contribution in [3.8, 4) is 17.6 Å². The molecule has 0 saturated carbocycles. The molecule has 0 aliphatic heterocycles. The SMILES string of the molecule is Cc1nn(CC(=O)Nc2cc(C(F)(F)F)ccc2Oc2ccc(Br)cc2)c(=O)c(C#N)c1C. The lowest BCUT2D eigenvalue weighted by Crippen LogP contribution is -2.32. The summed E-state index contributed by atoms with van der Waals surface area (Å²) >= 11 is 3.28. The summed E-state index contributed by atoms with van der Waals surface area (Å²) in [5.41, 5.74) is -1.40. The average Bonchev–Trinajstić information content (AvgIpc) is 2.74. The molecule has 2 aromatic carbocycles. The number of rotatable bonds is 5. The molecule has 0 fully saturated rings. The molecule has 1 amide bonds. The standard InChI is InChI=1S/C22H16BrF3N4O3/c1-12-13(2)29-30(21(32)17(12)10-27)11-20(31)28-18-9-14(22(24,25)26)3-8-19(18)33-16-6-4-15(23)5-7-16/h3-9H,11H2,1-2H3,(H,28,31). The quantitative estimate of drug-likeness (QED) is 0.513. The number of nitrogens with one attached hydrogen (secondary N) is 1. The third-order valence-corrected chi connectivity index (χ3v) is 5.19. The minimum atomic E-state index is -4.65. The molecular weight excluding hydrogens is 505 g/mol. The number of anilines is 1. The van der Waals surface area contributed by atoms with Gasteiger partial charge in [-0.3, -0.25) is 9.59 Å². The molecule has 11 heteroatoms. The van der Waals surface area contributed by atoms with Crippen molar-refractivity contribution < 1.29 is 22.7 Å². The third kappa shape index (κ3) is 5.59. The van der Waals surface area contributed by atoms with Crippen LogP contribution in [0.2, 0.25) is 0 Å². The zero-order chi connectivity index (χ0) is 24.3. The summed E-state index contributed by atoms with van der Waals surface area (Å²) < 4.78 is 46.9. The number of nitrogens with zero attached hydrogens (tertiary/aromatic N) is 3. The van der Waals surface area contributed by atoms with Crippen molar-refractivity contribution in [1.82, 2.24) is 9.78 Å². The summed E-state index contributed by atoms with van der Waals surface area (Å²) in [4.78, 5) is 25.0. The number of alkyl halides is 3. The fraction of sp³-hybridized carbons (Fsp3) is 0.182. The molecule has 170 valence electrons. The van der Waals surface area contributed by atoms with Crippen LogP contribution in [-0.4, -0.2) is 15.7 Å². The van der Waals surface area contributed by atoms with Crippen LogP contribution in [0.1, 0.15) is 22.4 Å². The summed E-state index contributed by atoms with van der Waals surface area (Å²) in [6.45, 7) is 2.52. The fourth-order valence-electron chi connectivity index (χ4n) is 2.86. The van der Waals surface area contributed by atoms with E-state index in [0.29, 0.717) is 17.0 Å². The smallest absolute Gasteiger partial charge is 0.416 e. The van der Waals surface area contributed by atoms with Gasteiger partial charge in [0.15, 0.2) is 5.75 Å². The Kier molecular flexibility index (Phi) is 6.88. The van der Waals surface area contributed by atoms with Gasteiger partial charge in [-0.15, -0.1) is 0 Å². The predicted octanol–water partition coefficient (Wildman–Crippen LogP) is 4.94. The van der Waals surface area contributed by atoms with Crippen LogP contribution in [0.5, 0.6) is 11.5 Å². The Morgan fingerprint density at radius 3 is 2.48 bits per heavy atom. The Hall–Kier alpha value is -3.65. The summed E-state index contributed by atoms with van der Waals surface area (Å²) in [5.74, 6) is -0.521. The van der Waals surface area contributed by atoms with Crippen LogP contribution in [0.15, 0.2) is 51.7 Å². The molecule has 1 N–H and O–H groups in total. The Labute approximate surface area is 194 Å². The highest BCUT2D eigenvalue weighted by atomic mass is 79.9. The van der Waals surface area contributed by atoms with Gasteiger partial charge < -0.3 is 10.1 Å². The molecule has 0 aliphatic rings. The molecule has 1 aromatic heterocycles. The summed E-state index contributed by atoms with van der Waals surface area (Å²) in [5, 5.41) is 15.5. The number of aromatic nitrogens is 2. The van der Waals surface area contributed by atoms with Gasteiger partial charge in [0.1, 0.15) is 23.9 Å². The molecule has 0 atom stereocenters. The number of nitriles is 1. The summed E-state index contributed by atoms with van der Waals surface area (Å²) in [6, 6.07) is 11.0. The Balaban J connectivity index is 1.93. The van der Waals surface area contributed by atoms with E-state index < -0.39 is 29.8 Å². The number of halogens is 4. The van der Waals surface area contributed by atoms with Crippen molar-refractivity contribution >= 4 is 27.5 Å². The maximum Gasteiger partial charge on any atom is 0.416 e. The highest BCUT2D eigenvalue weighted by Crippen LogP contribution is 2.37. The maximum absolute atomic E-state index is 13.2. The van der Waals surface area contributed by atoms with Crippen LogP contribution in [0.3, 0.4) is 0 Å². The first-order valence-electron chi connectivity index (χ1n) is 9.42. The summed E-state index contributed by atoms with van der Waals surface area (Å²) in [6.07, 6.45) is -4.65. The van der Waals surface area contributed by atoms with Crippen molar-refractivity contribution in [1.29, 1.82) is 5.26 Å². The number of carbonyl (C=O) groups is 1. The molecular formula is C22H16BrF3N4O3. The second-order valence-corrected chi connectivity index (χ2v) is 7.89. The van der Waals surface area contributed by atoms with Crippen molar-refractivity contribution in [3.05, 3.63) is 79.7 Å². The lowest BCUT2D eigenvalue weighted by atomic mass is 10.1. The normalized spacial score (nSPS) is 11.1. The van der Waals surface area contributed by atoms with E-state index in [-0.39, 0.29) is 17.0 Å². The largest absolute Gasteiger partial charge is 0.455 e. The first-order chi connectivity index (χ1) is 15.5. The average molecular weight is 521 g/mol. The van der Waals surface area contributed by atoms with Gasteiger partial charge in [0.05, 0.1) is 16.9 Å². The Morgan fingerprint density at radius 1 is 1.21 bits per heavy atom. The lowest BCUT2D eigenvalue weighted by Gasteiger charge is -2.16. The predicted molar refractivity (Wildman–Crippen MR) is 117 cm³/mol. The summed E-state index contributed by atoms with van der Waals surface area (Å²) in [7, 11) is 0. The van der Waals surface area contributed by atoms with E-state index >= 15 is 0 Å². The monoisotopic (exact) mass is 520 g/mol. The minimum Gasteiger partial charge on any atom is -0.455 e. The van der Waals surface area contributed by atoms with Crippen molar-refractivity contribution in [2.24, 2.45) is 0 Å². The molecule has 7 nitrogen and oxygen atoms in total. The van der Waals surface area contributed by atoms with Crippen LogP contribution in [0.4, 0.5) is 18.9 Å². The van der Waals surface area contributed by atoms with Gasteiger partial charge in [-0.05, 0) is 61.9 Å². The zero-order valence-corrected chi connectivity index (χ0v) is 18.9. The number of amides is 1. The van der Waals surface area contributed by atoms with E-state index in [9.17, 15) is 28.0 Å². The zero-order valence-electron chi connectivity index (χ0n) is 17.3. The van der Waals surface area contributed by atoms with Gasteiger partial charge in [-0.25, -0.2) is 4.68 Å². The minimum absolute atomic E-state index is 0.0308. The van der Waals surface area contributed by atoms with E-state index in [4.69, 9.17) is 4.74 Å². The second-order valence-electron chi connectivity index (χ2n) is 6.97. The molecule has 33 heavy (non-hydrogen) atoms. The van der Waals surface area contributed by atoms with Crippen molar-refractivity contribution in [2.75, 3.05) is 5.32 Å². The van der Waals surface area contributed by atoms with Crippen LogP contribution in [0.25, 0.3) is 0 Å². The number of aryl methyl sites for hydroxylation is 1. The molecule has 3 aromatic rings.